The topological polar surface area (TPSA) is 74.2 Å². The second-order valence-corrected chi connectivity index (χ2v) is 4.76. The summed E-state index contributed by atoms with van der Waals surface area (Å²) in [6.07, 6.45) is 0. The molecule has 1 aromatic heterocycles. The number of ether oxygens (including phenoxy) is 1. The molecule has 0 spiro atoms. The maximum absolute atomic E-state index is 5.76. The van der Waals surface area contributed by atoms with Gasteiger partial charge in [-0.3, -0.25) is 0 Å². The highest BCUT2D eigenvalue weighted by Gasteiger charge is 2.12. The van der Waals surface area contributed by atoms with Gasteiger partial charge in [0.1, 0.15) is 5.75 Å². The molecule has 0 aliphatic heterocycles. The van der Waals surface area contributed by atoms with Crippen LogP contribution in [-0.2, 0) is 13.2 Å². The Morgan fingerprint density at radius 1 is 1.37 bits per heavy atom. The molecule has 1 aromatic carbocycles. The summed E-state index contributed by atoms with van der Waals surface area (Å²) in [5.41, 5.74) is 7.72. The fraction of sp³-hybridized carbons (Fsp3) is 0.429. The van der Waals surface area contributed by atoms with Crippen molar-refractivity contribution < 1.29 is 9.26 Å². The molecule has 1 heterocycles. The predicted molar refractivity (Wildman–Crippen MR) is 71.8 cm³/mol. The van der Waals surface area contributed by atoms with Crippen LogP contribution in [0.2, 0.25) is 0 Å². The first kappa shape index (κ1) is 13.5. The third-order valence-electron chi connectivity index (χ3n) is 2.85. The monoisotopic (exact) mass is 261 g/mol. The minimum Gasteiger partial charge on any atom is -0.483 e. The van der Waals surface area contributed by atoms with Crippen LogP contribution in [-0.4, -0.2) is 10.1 Å². The summed E-state index contributed by atoms with van der Waals surface area (Å²) in [6.45, 7) is 6.73. The Morgan fingerprint density at radius 2 is 2.16 bits per heavy atom. The van der Waals surface area contributed by atoms with Crippen LogP contribution < -0.4 is 10.5 Å². The quantitative estimate of drug-likeness (QED) is 0.895. The molecule has 0 fully saturated rings. The van der Waals surface area contributed by atoms with E-state index in [1.54, 1.807) is 0 Å². The first-order chi connectivity index (χ1) is 9.11. The van der Waals surface area contributed by atoms with Crippen molar-refractivity contribution in [1.29, 1.82) is 0 Å². The summed E-state index contributed by atoms with van der Waals surface area (Å²) in [5.74, 6) is 2.22. The first-order valence-electron chi connectivity index (χ1n) is 6.35. The predicted octanol–water partition coefficient (Wildman–Crippen LogP) is 2.54. The van der Waals surface area contributed by atoms with Gasteiger partial charge in [-0.25, -0.2) is 0 Å². The molecular formula is C14H19N3O2. The van der Waals surface area contributed by atoms with Gasteiger partial charge in [0.25, 0.3) is 5.89 Å². The summed E-state index contributed by atoms with van der Waals surface area (Å²) in [7, 11) is 0. The smallest absolute Gasteiger partial charge is 0.264 e. The largest absolute Gasteiger partial charge is 0.483 e. The molecule has 0 atom stereocenters. The van der Waals surface area contributed by atoms with E-state index in [9.17, 15) is 0 Å². The Hall–Kier alpha value is -1.88. The maximum atomic E-state index is 5.76. The minimum absolute atomic E-state index is 0.246. The van der Waals surface area contributed by atoms with Gasteiger partial charge in [0.2, 0.25) is 0 Å². The van der Waals surface area contributed by atoms with E-state index in [2.05, 4.69) is 10.1 Å². The molecule has 0 saturated carbocycles. The molecule has 0 saturated heterocycles. The number of rotatable bonds is 5. The average molecular weight is 261 g/mol. The standard InChI is InChI=1S/C14H19N3O2/c1-9(2)14-16-12(19-17-14)8-18-13-10(3)5-4-6-11(13)7-15/h4-6,9H,7-8,15H2,1-3H3. The summed E-state index contributed by atoms with van der Waals surface area (Å²) < 4.78 is 10.9. The van der Waals surface area contributed by atoms with E-state index in [1.807, 2.05) is 39.0 Å². The van der Waals surface area contributed by atoms with E-state index < -0.39 is 0 Å². The second-order valence-electron chi connectivity index (χ2n) is 4.76. The van der Waals surface area contributed by atoms with Crippen molar-refractivity contribution >= 4 is 0 Å². The molecule has 0 amide bonds. The molecule has 102 valence electrons. The van der Waals surface area contributed by atoms with Crippen molar-refractivity contribution in [3.05, 3.63) is 41.0 Å². The lowest BCUT2D eigenvalue weighted by Gasteiger charge is -2.11. The molecule has 2 aromatic rings. The minimum atomic E-state index is 0.246. The summed E-state index contributed by atoms with van der Waals surface area (Å²) in [5, 5.41) is 3.90. The third-order valence-corrected chi connectivity index (χ3v) is 2.85. The normalized spacial score (nSPS) is 11.0. The Balaban J connectivity index is 2.09. The zero-order chi connectivity index (χ0) is 13.8. The molecule has 2 rings (SSSR count). The SMILES string of the molecule is Cc1cccc(CN)c1OCc1nc(C(C)C)no1. The van der Waals surface area contributed by atoms with Gasteiger partial charge in [-0.2, -0.15) is 4.98 Å². The van der Waals surface area contributed by atoms with Gasteiger partial charge in [-0.15, -0.1) is 0 Å². The summed E-state index contributed by atoms with van der Waals surface area (Å²) >= 11 is 0. The van der Waals surface area contributed by atoms with Crippen molar-refractivity contribution in [2.24, 2.45) is 5.73 Å². The molecule has 0 aliphatic rings. The van der Waals surface area contributed by atoms with Gasteiger partial charge in [0.05, 0.1) is 0 Å². The average Bonchev–Trinajstić information content (AvgIpc) is 2.86. The number of nitrogens with zero attached hydrogens (tertiary/aromatic N) is 2. The Kier molecular flexibility index (Phi) is 4.16. The van der Waals surface area contributed by atoms with Crippen LogP contribution in [0.1, 0.15) is 42.6 Å². The van der Waals surface area contributed by atoms with E-state index in [0.717, 1.165) is 16.9 Å². The van der Waals surface area contributed by atoms with Crippen LogP contribution in [0.3, 0.4) is 0 Å². The van der Waals surface area contributed by atoms with Gasteiger partial charge >= 0.3 is 0 Å². The first-order valence-corrected chi connectivity index (χ1v) is 6.35. The number of aromatic nitrogens is 2. The lowest BCUT2D eigenvalue weighted by molar-refractivity contribution is 0.239. The third kappa shape index (κ3) is 3.12. The molecule has 0 aliphatic carbocycles. The van der Waals surface area contributed by atoms with Crippen molar-refractivity contribution in [2.45, 2.75) is 39.8 Å². The van der Waals surface area contributed by atoms with E-state index >= 15 is 0 Å². The molecule has 0 bridgehead atoms. The fourth-order valence-corrected chi connectivity index (χ4v) is 1.78. The number of nitrogens with two attached hydrogens (primary N) is 1. The van der Waals surface area contributed by atoms with E-state index in [-0.39, 0.29) is 12.5 Å². The van der Waals surface area contributed by atoms with E-state index in [1.165, 1.54) is 0 Å². The highest BCUT2D eigenvalue weighted by atomic mass is 16.5. The highest BCUT2D eigenvalue weighted by molar-refractivity contribution is 5.40. The second kappa shape index (κ2) is 5.84. The Morgan fingerprint density at radius 3 is 2.79 bits per heavy atom. The molecule has 0 radical (unpaired) electrons. The number of benzene rings is 1. The van der Waals surface area contributed by atoms with Crippen LogP contribution in [0.15, 0.2) is 22.7 Å². The molecule has 5 nitrogen and oxygen atoms in total. The fourth-order valence-electron chi connectivity index (χ4n) is 1.78. The zero-order valence-electron chi connectivity index (χ0n) is 11.5. The van der Waals surface area contributed by atoms with Crippen LogP contribution in [0.4, 0.5) is 0 Å². The van der Waals surface area contributed by atoms with Gasteiger partial charge < -0.3 is 15.0 Å². The lowest BCUT2D eigenvalue weighted by atomic mass is 10.1. The summed E-state index contributed by atoms with van der Waals surface area (Å²) in [4.78, 5) is 4.28. The van der Waals surface area contributed by atoms with Crippen molar-refractivity contribution in [3.8, 4) is 5.75 Å². The van der Waals surface area contributed by atoms with Gasteiger partial charge in [0, 0.05) is 18.0 Å². The maximum Gasteiger partial charge on any atom is 0.264 e. The van der Waals surface area contributed by atoms with Crippen LogP contribution >= 0.6 is 0 Å². The van der Waals surface area contributed by atoms with Gasteiger partial charge in [0.15, 0.2) is 12.4 Å². The number of hydrogen-bond acceptors (Lipinski definition) is 5. The highest BCUT2D eigenvalue weighted by Crippen LogP contribution is 2.24. The number of para-hydroxylation sites is 1. The van der Waals surface area contributed by atoms with Crippen LogP contribution in [0.25, 0.3) is 0 Å². The molecule has 0 unspecified atom stereocenters. The van der Waals surface area contributed by atoms with Gasteiger partial charge in [-0.1, -0.05) is 37.2 Å². The van der Waals surface area contributed by atoms with Crippen LogP contribution in [0, 0.1) is 6.92 Å². The summed E-state index contributed by atoms with van der Waals surface area (Å²) in [6, 6.07) is 5.91. The van der Waals surface area contributed by atoms with Crippen molar-refractivity contribution in [1.82, 2.24) is 10.1 Å². The lowest BCUT2D eigenvalue weighted by Crippen LogP contribution is -2.04. The van der Waals surface area contributed by atoms with E-state index in [0.29, 0.717) is 18.3 Å². The Labute approximate surface area is 112 Å². The molecule has 19 heavy (non-hydrogen) atoms. The van der Waals surface area contributed by atoms with E-state index in [4.69, 9.17) is 15.0 Å². The Bertz CT molecular complexity index is 549. The van der Waals surface area contributed by atoms with Crippen molar-refractivity contribution in [2.75, 3.05) is 0 Å². The van der Waals surface area contributed by atoms with Gasteiger partial charge in [-0.05, 0) is 12.5 Å². The van der Waals surface area contributed by atoms with Crippen molar-refractivity contribution in [3.63, 3.8) is 0 Å². The molecule has 2 N–H and O–H groups in total. The number of hydrogen-bond donors (Lipinski definition) is 1. The van der Waals surface area contributed by atoms with Crippen LogP contribution in [0.5, 0.6) is 5.75 Å². The molecule has 5 heteroatoms. The number of aryl methyl sites for hydroxylation is 1. The zero-order valence-corrected chi connectivity index (χ0v) is 11.5. The molecular weight excluding hydrogens is 242 g/mol.